The van der Waals surface area contributed by atoms with Gasteiger partial charge in [-0.2, -0.15) is 0 Å². The summed E-state index contributed by atoms with van der Waals surface area (Å²) in [6.45, 7) is 4.88. The number of alkyl halides is 1. The highest BCUT2D eigenvalue weighted by atomic mass is 19.1. The molecule has 8 heteroatoms. The number of hydrogen-bond acceptors (Lipinski definition) is 7. The van der Waals surface area contributed by atoms with Crippen molar-refractivity contribution < 1.29 is 14.2 Å². The van der Waals surface area contributed by atoms with Crippen molar-refractivity contribution in [2.45, 2.75) is 88.2 Å². The summed E-state index contributed by atoms with van der Waals surface area (Å²) < 4.78 is 21.2. The van der Waals surface area contributed by atoms with Crippen LogP contribution >= 0.6 is 0 Å². The van der Waals surface area contributed by atoms with Gasteiger partial charge < -0.3 is 20.9 Å². The SMILES string of the molecule is C[C@H]1OC2CC(CNC2N)C2CN(C)NC2[C@@H](O)C2CCCNC2C2CCC(F)CC21. The molecule has 4 heterocycles. The van der Waals surface area contributed by atoms with Gasteiger partial charge in [-0.05, 0) is 82.2 Å². The zero-order valence-electron chi connectivity index (χ0n) is 19.1. The van der Waals surface area contributed by atoms with Crippen molar-refractivity contribution in [3.63, 3.8) is 0 Å². The van der Waals surface area contributed by atoms with Gasteiger partial charge in [0, 0.05) is 25.6 Å². The number of fused-ring (bicyclic) bond motifs is 7. The average molecular weight is 440 g/mol. The summed E-state index contributed by atoms with van der Waals surface area (Å²) in [7, 11) is 2.07. The van der Waals surface area contributed by atoms with Crippen molar-refractivity contribution in [1.82, 2.24) is 21.1 Å². The van der Waals surface area contributed by atoms with E-state index in [-0.39, 0.29) is 42.3 Å². The van der Waals surface area contributed by atoms with Crippen LogP contribution in [0.1, 0.15) is 45.4 Å². The summed E-state index contributed by atoms with van der Waals surface area (Å²) >= 11 is 0. The van der Waals surface area contributed by atoms with E-state index in [1.807, 2.05) is 0 Å². The van der Waals surface area contributed by atoms with Gasteiger partial charge in [-0.25, -0.2) is 14.8 Å². The highest BCUT2D eigenvalue weighted by Crippen LogP contribution is 2.44. The number of hydrazine groups is 1. The van der Waals surface area contributed by atoms with Gasteiger partial charge in [-0.1, -0.05) is 0 Å². The van der Waals surface area contributed by atoms with Crippen LogP contribution in [0.3, 0.4) is 0 Å². The molecule has 4 aliphatic heterocycles. The van der Waals surface area contributed by atoms with E-state index in [9.17, 15) is 9.50 Å². The lowest BCUT2D eigenvalue weighted by Gasteiger charge is -2.50. The molecule has 4 saturated heterocycles. The predicted molar refractivity (Wildman–Crippen MR) is 118 cm³/mol. The number of nitrogens with two attached hydrogens (primary N) is 1. The Labute approximate surface area is 186 Å². The second-order valence-electron chi connectivity index (χ2n) is 11.0. The van der Waals surface area contributed by atoms with Crippen molar-refractivity contribution in [2.75, 3.05) is 26.7 Å². The van der Waals surface area contributed by atoms with Crippen LogP contribution in [0.2, 0.25) is 0 Å². The molecule has 5 aliphatic rings. The Kier molecular flexibility index (Phi) is 6.60. The molecule has 1 saturated carbocycles. The lowest BCUT2D eigenvalue weighted by molar-refractivity contribution is -0.113. The number of nitrogens with zero attached hydrogens (tertiary/aromatic N) is 1. The first kappa shape index (κ1) is 22.4. The van der Waals surface area contributed by atoms with Gasteiger partial charge in [0.25, 0.3) is 0 Å². The molecule has 0 spiro atoms. The Balaban J connectivity index is 1.51. The Morgan fingerprint density at radius 1 is 1.03 bits per heavy atom. The molecule has 31 heavy (non-hydrogen) atoms. The second-order valence-corrected chi connectivity index (χ2v) is 11.0. The predicted octanol–water partition coefficient (Wildman–Crippen LogP) is 0.586. The third-order valence-electron chi connectivity index (χ3n) is 9.18. The maximum absolute atomic E-state index is 14.6. The van der Waals surface area contributed by atoms with E-state index >= 15 is 0 Å². The molecule has 0 amide bonds. The van der Waals surface area contributed by atoms with Gasteiger partial charge in [0.1, 0.15) is 6.17 Å². The summed E-state index contributed by atoms with van der Waals surface area (Å²) in [4.78, 5) is 0. The van der Waals surface area contributed by atoms with Gasteiger partial charge >= 0.3 is 0 Å². The molecule has 0 aromatic carbocycles. The van der Waals surface area contributed by atoms with Crippen LogP contribution in [0.4, 0.5) is 4.39 Å². The zero-order chi connectivity index (χ0) is 21.7. The lowest BCUT2D eigenvalue weighted by Crippen LogP contribution is -2.62. The molecule has 0 aromatic rings. The van der Waals surface area contributed by atoms with E-state index < -0.39 is 12.3 Å². The molecule has 10 unspecified atom stereocenters. The van der Waals surface area contributed by atoms with Crippen molar-refractivity contribution in [1.29, 1.82) is 0 Å². The minimum absolute atomic E-state index is 0.0342. The van der Waals surface area contributed by atoms with E-state index in [0.717, 1.165) is 45.3 Å². The number of nitrogens with one attached hydrogen (secondary N) is 3. The van der Waals surface area contributed by atoms with Crippen LogP contribution < -0.4 is 21.8 Å². The van der Waals surface area contributed by atoms with Gasteiger partial charge in [-0.15, -0.1) is 0 Å². The van der Waals surface area contributed by atoms with E-state index in [4.69, 9.17) is 10.5 Å². The highest BCUT2D eigenvalue weighted by Gasteiger charge is 2.50. The minimum Gasteiger partial charge on any atom is -0.391 e. The van der Waals surface area contributed by atoms with Crippen LogP contribution in [0.15, 0.2) is 0 Å². The van der Waals surface area contributed by atoms with E-state index in [2.05, 4.69) is 35.0 Å². The molecule has 1 aliphatic carbocycles. The van der Waals surface area contributed by atoms with Gasteiger partial charge in [0.05, 0.1) is 30.5 Å². The number of aliphatic hydroxyl groups is 1. The quantitative estimate of drug-likeness (QED) is 0.377. The number of hydrogen-bond donors (Lipinski definition) is 5. The third-order valence-corrected chi connectivity index (χ3v) is 9.18. The summed E-state index contributed by atoms with van der Waals surface area (Å²) in [6.07, 6.45) is 3.56. The molecular formula is C23H42FN5O2. The molecule has 5 fully saturated rings. The molecule has 178 valence electrons. The maximum atomic E-state index is 14.6. The normalized spacial score (nSPS) is 54.1. The van der Waals surface area contributed by atoms with Crippen LogP contribution in [0.5, 0.6) is 0 Å². The van der Waals surface area contributed by atoms with E-state index in [1.54, 1.807) is 0 Å². The number of piperidine rings is 2. The van der Waals surface area contributed by atoms with Crippen LogP contribution in [-0.4, -0.2) is 79.5 Å². The monoisotopic (exact) mass is 439 g/mol. The largest absolute Gasteiger partial charge is 0.391 e. The number of halogens is 1. The number of aliphatic hydroxyl groups excluding tert-OH is 1. The molecule has 2 bridgehead atoms. The van der Waals surface area contributed by atoms with Gasteiger partial charge in [0.15, 0.2) is 0 Å². The fraction of sp³-hybridized carbons (Fsp3) is 1.00. The summed E-state index contributed by atoms with van der Waals surface area (Å²) in [5, 5.41) is 21.1. The van der Waals surface area contributed by atoms with Crippen molar-refractivity contribution in [3.8, 4) is 0 Å². The Morgan fingerprint density at radius 3 is 2.71 bits per heavy atom. The van der Waals surface area contributed by atoms with Crippen molar-refractivity contribution >= 4 is 0 Å². The standard InChI is InChI=1S/C23H42FN5O2/c1-12-17-9-14(24)5-6-15(17)20-16(4-3-7-26-20)22(30)21-18(11-29(2)28-21)13-8-19(31-12)23(25)27-10-13/h12-23,26-28,30H,3-11,25H2,1-2H3/t12-,13?,14?,15?,16?,17?,18?,19?,20?,21?,22+,23?/m1/s1. The van der Waals surface area contributed by atoms with E-state index in [0.29, 0.717) is 30.6 Å². The van der Waals surface area contributed by atoms with Crippen LogP contribution in [-0.2, 0) is 4.74 Å². The Bertz CT molecular complexity index is 629. The minimum atomic E-state index is -0.757. The summed E-state index contributed by atoms with van der Waals surface area (Å²) in [6, 6.07) is 0.249. The van der Waals surface area contributed by atoms with Crippen molar-refractivity contribution in [3.05, 3.63) is 0 Å². The third kappa shape index (κ3) is 4.29. The Morgan fingerprint density at radius 2 is 1.87 bits per heavy atom. The second kappa shape index (κ2) is 9.12. The molecule has 6 N–H and O–H groups in total. The molecule has 0 aromatic heterocycles. The number of rotatable bonds is 0. The first-order valence-corrected chi connectivity index (χ1v) is 12.6. The number of ether oxygens (including phenoxy) is 1. The topological polar surface area (TPSA) is 94.8 Å². The molecular weight excluding hydrogens is 397 g/mol. The smallest absolute Gasteiger partial charge is 0.101 e. The fourth-order valence-corrected chi connectivity index (χ4v) is 7.61. The lowest BCUT2D eigenvalue weighted by atomic mass is 9.65. The maximum Gasteiger partial charge on any atom is 0.101 e. The molecule has 0 radical (unpaired) electrons. The van der Waals surface area contributed by atoms with Crippen LogP contribution in [0, 0.1) is 29.6 Å². The van der Waals surface area contributed by atoms with Crippen molar-refractivity contribution in [2.24, 2.45) is 35.3 Å². The van der Waals surface area contributed by atoms with Gasteiger partial charge in [-0.3, -0.25) is 5.32 Å². The highest BCUT2D eigenvalue weighted by molar-refractivity contribution is 5.04. The molecule has 7 nitrogen and oxygen atoms in total. The first-order chi connectivity index (χ1) is 14.9. The molecule has 12 atom stereocenters. The summed E-state index contributed by atoms with van der Waals surface area (Å²) in [5.74, 6) is 1.39. The fourth-order valence-electron chi connectivity index (χ4n) is 7.61. The summed E-state index contributed by atoms with van der Waals surface area (Å²) in [5.41, 5.74) is 10.0. The Hall–Kier alpha value is -0.350. The van der Waals surface area contributed by atoms with E-state index in [1.165, 1.54) is 0 Å². The van der Waals surface area contributed by atoms with Gasteiger partial charge in [0.2, 0.25) is 0 Å². The van der Waals surface area contributed by atoms with Crippen LogP contribution in [0.25, 0.3) is 0 Å². The molecule has 5 rings (SSSR count). The first-order valence-electron chi connectivity index (χ1n) is 12.6. The zero-order valence-corrected chi connectivity index (χ0v) is 19.1. The average Bonchev–Trinajstić information content (AvgIpc) is 3.15.